The van der Waals surface area contributed by atoms with Gasteiger partial charge in [0.15, 0.2) is 0 Å². The number of carbonyl (C=O) groups excluding carboxylic acids is 1. The minimum Gasteiger partial charge on any atom is -0.298 e. The van der Waals surface area contributed by atoms with Gasteiger partial charge in [-0.1, -0.05) is 23.8 Å². The molecule has 1 atom stereocenters. The van der Waals surface area contributed by atoms with Crippen molar-refractivity contribution in [1.29, 1.82) is 0 Å². The zero-order chi connectivity index (χ0) is 10.1. The molecule has 0 aromatic rings. The quantitative estimate of drug-likeness (QED) is 0.581. The summed E-state index contributed by atoms with van der Waals surface area (Å²) < 4.78 is 13.4. The summed E-state index contributed by atoms with van der Waals surface area (Å²) in [4.78, 5) is 10.7. The van der Waals surface area contributed by atoms with Crippen molar-refractivity contribution in [3.63, 3.8) is 0 Å². The molecule has 2 heteroatoms. The molecule has 0 spiro atoms. The van der Waals surface area contributed by atoms with Crippen molar-refractivity contribution in [3.8, 4) is 0 Å². The molecular formula is C12H11FO. The van der Waals surface area contributed by atoms with Crippen molar-refractivity contribution in [3.05, 3.63) is 46.9 Å². The van der Waals surface area contributed by atoms with Crippen molar-refractivity contribution >= 4 is 6.29 Å². The Hall–Kier alpha value is -1.44. The normalized spacial score (nSPS) is 25.4. The van der Waals surface area contributed by atoms with Crippen LogP contribution < -0.4 is 0 Å². The molecule has 2 aliphatic carbocycles. The molecule has 1 nitrogen and oxygen atoms in total. The van der Waals surface area contributed by atoms with E-state index in [0.29, 0.717) is 11.1 Å². The summed E-state index contributed by atoms with van der Waals surface area (Å²) in [6.07, 6.45) is 8.32. The summed E-state index contributed by atoms with van der Waals surface area (Å²) >= 11 is 0. The third kappa shape index (κ3) is 1.37. The minimum absolute atomic E-state index is 0.0683. The Balaban J connectivity index is 2.45. The molecule has 0 fully saturated rings. The summed E-state index contributed by atoms with van der Waals surface area (Å²) in [7, 11) is 0. The highest BCUT2D eigenvalue weighted by atomic mass is 19.1. The second-order valence-electron chi connectivity index (χ2n) is 3.64. The zero-order valence-electron chi connectivity index (χ0n) is 7.96. The highest BCUT2D eigenvalue weighted by molar-refractivity contribution is 5.78. The molecule has 2 aliphatic rings. The monoisotopic (exact) mass is 190 g/mol. The standard InChI is InChI=1S/C12H11FO/c1-8-2-4-10-9(7-14)3-5-12(13)11(10)6-8/h2-3,5-7,10H,4H2,1H3. The molecule has 14 heavy (non-hydrogen) atoms. The van der Waals surface area contributed by atoms with E-state index >= 15 is 0 Å². The van der Waals surface area contributed by atoms with E-state index in [0.717, 1.165) is 18.3 Å². The van der Waals surface area contributed by atoms with Crippen molar-refractivity contribution in [1.82, 2.24) is 0 Å². The van der Waals surface area contributed by atoms with Crippen LogP contribution in [0.5, 0.6) is 0 Å². The van der Waals surface area contributed by atoms with Gasteiger partial charge in [-0.05, 0) is 30.6 Å². The molecule has 0 saturated carbocycles. The molecule has 72 valence electrons. The van der Waals surface area contributed by atoms with Gasteiger partial charge in [-0.15, -0.1) is 0 Å². The average Bonchev–Trinajstić information content (AvgIpc) is 2.19. The predicted octanol–water partition coefficient (Wildman–Crippen LogP) is 2.87. The number of rotatable bonds is 1. The fraction of sp³-hybridized carbons (Fsp3) is 0.250. The average molecular weight is 190 g/mol. The maximum Gasteiger partial charge on any atom is 0.146 e. The molecule has 0 aromatic carbocycles. The molecule has 0 amide bonds. The lowest BCUT2D eigenvalue weighted by atomic mass is 9.80. The van der Waals surface area contributed by atoms with Crippen molar-refractivity contribution < 1.29 is 9.18 Å². The van der Waals surface area contributed by atoms with E-state index in [9.17, 15) is 9.18 Å². The Morgan fingerprint density at radius 1 is 1.50 bits per heavy atom. The first-order chi connectivity index (χ1) is 6.72. The van der Waals surface area contributed by atoms with Gasteiger partial charge < -0.3 is 0 Å². The third-order valence-electron chi connectivity index (χ3n) is 2.67. The highest BCUT2D eigenvalue weighted by Crippen LogP contribution is 2.37. The maximum absolute atomic E-state index is 13.4. The molecule has 0 heterocycles. The number of aldehydes is 1. The van der Waals surface area contributed by atoms with Crippen LogP contribution in [-0.2, 0) is 4.79 Å². The maximum atomic E-state index is 13.4. The molecule has 0 N–H and O–H groups in total. The molecule has 2 rings (SSSR count). The lowest BCUT2D eigenvalue weighted by Gasteiger charge is -2.24. The Kier molecular flexibility index (Phi) is 2.20. The van der Waals surface area contributed by atoms with Crippen molar-refractivity contribution in [2.24, 2.45) is 5.92 Å². The Labute approximate surface area is 82.3 Å². The molecule has 0 aromatic heterocycles. The molecule has 0 radical (unpaired) electrons. The summed E-state index contributed by atoms with van der Waals surface area (Å²) in [6.45, 7) is 1.94. The van der Waals surface area contributed by atoms with Crippen LogP contribution >= 0.6 is 0 Å². The first kappa shape index (κ1) is 9.13. The lowest BCUT2D eigenvalue weighted by molar-refractivity contribution is -0.105. The number of allylic oxidation sites excluding steroid dienone is 8. The van der Waals surface area contributed by atoms with Gasteiger partial charge in [0.1, 0.15) is 12.1 Å². The van der Waals surface area contributed by atoms with Crippen LogP contribution in [-0.4, -0.2) is 6.29 Å². The van der Waals surface area contributed by atoms with E-state index in [-0.39, 0.29) is 11.7 Å². The predicted molar refractivity (Wildman–Crippen MR) is 53.3 cm³/mol. The smallest absolute Gasteiger partial charge is 0.146 e. The van der Waals surface area contributed by atoms with Gasteiger partial charge in [0, 0.05) is 5.92 Å². The Bertz CT molecular complexity index is 397. The summed E-state index contributed by atoms with van der Waals surface area (Å²) in [6, 6.07) is 0. The molecule has 1 unspecified atom stereocenters. The van der Waals surface area contributed by atoms with Crippen LogP contribution in [0.15, 0.2) is 46.9 Å². The number of carbonyl (C=O) groups is 1. The number of halogens is 1. The van der Waals surface area contributed by atoms with Crippen LogP contribution in [0.25, 0.3) is 0 Å². The zero-order valence-corrected chi connectivity index (χ0v) is 7.96. The lowest BCUT2D eigenvalue weighted by Crippen LogP contribution is -2.14. The van der Waals surface area contributed by atoms with Crippen LogP contribution in [0.3, 0.4) is 0 Å². The first-order valence-corrected chi connectivity index (χ1v) is 4.63. The molecule has 0 bridgehead atoms. The summed E-state index contributed by atoms with van der Waals surface area (Å²) in [5.41, 5.74) is 2.38. The second-order valence-corrected chi connectivity index (χ2v) is 3.64. The van der Waals surface area contributed by atoms with E-state index in [1.54, 1.807) is 6.08 Å². The van der Waals surface area contributed by atoms with Gasteiger partial charge in [-0.25, -0.2) is 4.39 Å². The number of hydrogen-bond acceptors (Lipinski definition) is 1. The first-order valence-electron chi connectivity index (χ1n) is 4.63. The molecule has 0 aliphatic heterocycles. The fourth-order valence-electron chi connectivity index (χ4n) is 1.89. The van der Waals surface area contributed by atoms with E-state index in [2.05, 4.69) is 0 Å². The van der Waals surface area contributed by atoms with E-state index in [1.165, 1.54) is 6.08 Å². The number of fused-ring (bicyclic) bond motifs is 1. The van der Waals surface area contributed by atoms with Crippen LogP contribution in [0.2, 0.25) is 0 Å². The van der Waals surface area contributed by atoms with Crippen molar-refractivity contribution in [2.75, 3.05) is 0 Å². The van der Waals surface area contributed by atoms with Gasteiger partial charge in [0.25, 0.3) is 0 Å². The van der Waals surface area contributed by atoms with Gasteiger partial charge in [0.05, 0.1) is 0 Å². The largest absolute Gasteiger partial charge is 0.298 e. The van der Waals surface area contributed by atoms with Gasteiger partial charge in [-0.2, -0.15) is 0 Å². The third-order valence-corrected chi connectivity index (χ3v) is 2.67. The molecular weight excluding hydrogens is 179 g/mol. The number of hydrogen-bond donors (Lipinski definition) is 0. The minimum atomic E-state index is -0.215. The summed E-state index contributed by atoms with van der Waals surface area (Å²) in [5, 5.41) is 0. The Morgan fingerprint density at radius 3 is 3.00 bits per heavy atom. The van der Waals surface area contributed by atoms with Crippen LogP contribution in [0, 0.1) is 5.92 Å². The van der Waals surface area contributed by atoms with Gasteiger partial charge in [-0.3, -0.25) is 4.79 Å². The Morgan fingerprint density at radius 2 is 2.29 bits per heavy atom. The molecule has 0 saturated heterocycles. The van der Waals surface area contributed by atoms with Gasteiger partial charge >= 0.3 is 0 Å². The van der Waals surface area contributed by atoms with Gasteiger partial charge in [0.2, 0.25) is 0 Å². The van der Waals surface area contributed by atoms with Crippen molar-refractivity contribution in [2.45, 2.75) is 13.3 Å². The SMILES string of the molecule is CC1=CCC2C(C=O)=CC=C(F)C2=C1. The highest BCUT2D eigenvalue weighted by Gasteiger charge is 2.25. The fourth-order valence-corrected chi connectivity index (χ4v) is 1.89. The van der Waals surface area contributed by atoms with E-state index in [1.807, 2.05) is 19.1 Å². The summed E-state index contributed by atoms with van der Waals surface area (Å²) in [5.74, 6) is -0.283. The topological polar surface area (TPSA) is 17.1 Å². The van der Waals surface area contributed by atoms with E-state index < -0.39 is 0 Å². The second kappa shape index (κ2) is 3.37. The van der Waals surface area contributed by atoms with Crippen LogP contribution in [0.4, 0.5) is 4.39 Å². The van der Waals surface area contributed by atoms with Crippen LogP contribution in [0.1, 0.15) is 13.3 Å². The van der Waals surface area contributed by atoms with E-state index in [4.69, 9.17) is 0 Å².